The molecule has 0 bridgehead atoms. The molecule has 0 aromatic heterocycles. The lowest BCUT2D eigenvalue weighted by Crippen LogP contribution is -2.39. The maximum Gasteiger partial charge on any atom is 0.573 e. The van der Waals surface area contributed by atoms with E-state index in [1.807, 2.05) is 0 Å². The molecule has 2 aliphatic carbocycles. The molecule has 2 fully saturated rings. The molecule has 3 rings (SSSR count). The van der Waals surface area contributed by atoms with Gasteiger partial charge in [0.15, 0.2) is 0 Å². The number of nitrogens with one attached hydrogen (secondary N) is 2. The topological polar surface area (TPSA) is 70.6 Å². The molecule has 0 saturated heterocycles. The molecule has 2 unspecified atom stereocenters. The summed E-state index contributed by atoms with van der Waals surface area (Å²) in [5, 5.41) is 15.7. The van der Waals surface area contributed by atoms with Crippen LogP contribution in [0.4, 0.5) is 18.9 Å². The number of hydrogen-bond acceptors (Lipinski definition) is 4. The van der Waals surface area contributed by atoms with Gasteiger partial charge in [0, 0.05) is 30.3 Å². The van der Waals surface area contributed by atoms with E-state index < -0.39 is 6.36 Å². The van der Waals surface area contributed by atoms with E-state index >= 15 is 0 Å². The van der Waals surface area contributed by atoms with E-state index in [2.05, 4.69) is 15.4 Å². The number of ether oxygens (including phenoxy) is 1. The van der Waals surface area contributed by atoms with E-state index in [9.17, 15) is 23.1 Å². The number of halogens is 3. The number of carbonyl (C=O) groups excluding carboxylic acids is 1. The maximum absolute atomic E-state index is 12.3. The quantitative estimate of drug-likeness (QED) is 0.671. The smallest absolute Gasteiger partial charge is 0.406 e. The molecular formula is C19H25F3N2O3. The molecule has 2 atom stereocenters. The number of alkyl halides is 3. The highest BCUT2D eigenvalue weighted by Crippen LogP contribution is 2.41. The zero-order chi connectivity index (χ0) is 19.4. The van der Waals surface area contributed by atoms with Crippen LogP contribution in [0.1, 0.15) is 38.5 Å². The number of rotatable bonds is 7. The van der Waals surface area contributed by atoms with Crippen LogP contribution in [-0.2, 0) is 4.79 Å². The molecule has 2 aliphatic rings. The first-order chi connectivity index (χ1) is 12.8. The molecule has 0 aliphatic heterocycles. The van der Waals surface area contributed by atoms with Crippen molar-refractivity contribution >= 4 is 11.6 Å². The van der Waals surface area contributed by atoms with Gasteiger partial charge >= 0.3 is 6.36 Å². The maximum atomic E-state index is 12.3. The molecular weight excluding hydrogens is 361 g/mol. The number of hydrogen-bond donors (Lipinski definition) is 3. The minimum absolute atomic E-state index is 0.0264. The molecule has 1 amide bonds. The van der Waals surface area contributed by atoms with E-state index in [1.165, 1.54) is 18.2 Å². The fraction of sp³-hybridized carbons (Fsp3) is 0.632. The van der Waals surface area contributed by atoms with Gasteiger partial charge in [-0.2, -0.15) is 0 Å². The summed E-state index contributed by atoms with van der Waals surface area (Å²) in [6, 6.07) is 5.90. The van der Waals surface area contributed by atoms with Gasteiger partial charge in [0.2, 0.25) is 5.91 Å². The molecule has 27 heavy (non-hydrogen) atoms. The Morgan fingerprint density at radius 3 is 2.67 bits per heavy atom. The van der Waals surface area contributed by atoms with Gasteiger partial charge in [-0.25, -0.2) is 0 Å². The van der Waals surface area contributed by atoms with Crippen LogP contribution in [0.15, 0.2) is 24.3 Å². The van der Waals surface area contributed by atoms with Gasteiger partial charge in [0.1, 0.15) is 5.75 Å². The highest BCUT2D eigenvalue weighted by molar-refractivity contribution is 5.81. The average molecular weight is 386 g/mol. The van der Waals surface area contributed by atoms with Crippen molar-refractivity contribution in [1.29, 1.82) is 0 Å². The highest BCUT2D eigenvalue weighted by atomic mass is 19.4. The van der Waals surface area contributed by atoms with Gasteiger partial charge < -0.3 is 20.5 Å². The van der Waals surface area contributed by atoms with Gasteiger partial charge in [0.25, 0.3) is 0 Å². The summed E-state index contributed by atoms with van der Waals surface area (Å²) in [7, 11) is 0. The zero-order valence-corrected chi connectivity index (χ0v) is 15.0. The Hall–Kier alpha value is -1.96. The standard InChI is InChI=1S/C19H25F3N2O3/c20-19(21,22)27-16-3-1-2-14(11-16)23-9-8-12-10-17(12)18(26)24-13-4-6-15(25)7-5-13/h1-3,11-13,15,17,23,25H,4-10H2,(H,24,26). The third kappa shape index (κ3) is 6.30. The van der Waals surface area contributed by atoms with Crippen molar-refractivity contribution in [3.05, 3.63) is 24.3 Å². The Kier molecular flexibility index (Phi) is 6.14. The van der Waals surface area contributed by atoms with Gasteiger partial charge in [-0.05, 0) is 56.6 Å². The molecule has 0 heterocycles. The van der Waals surface area contributed by atoms with Crippen molar-refractivity contribution in [2.45, 2.75) is 57.0 Å². The highest BCUT2D eigenvalue weighted by Gasteiger charge is 2.42. The van der Waals surface area contributed by atoms with Crippen molar-refractivity contribution in [2.24, 2.45) is 11.8 Å². The Morgan fingerprint density at radius 1 is 1.22 bits per heavy atom. The molecule has 3 N–H and O–H groups in total. The summed E-state index contributed by atoms with van der Waals surface area (Å²) < 4.78 is 40.7. The lowest BCUT2D eigenvalue weighted by Gasteiger charge is -2.26. The number of aliphatic hydroxyl groups is 1. The number of anilines is 1. The van der Waals surface area contributed by atoms with E-state index in [0.717, 1.165) is 38.5 Å². The molecule has 1 aromatic rings. The minimum Gasteiger partial charge on any atom is -0.406 e. The van der Waals surface area contributed by atoms with Crippen molar-refractivity contribution < 1.29 is 27.8 Å². The van der Waals surface area contributed by atoms with E-state index in [0.29, 0.717) is 18.2 Å². The Morgan fingerprint density at radius 2 is 1.96 bits per heavy atom. The van der Waals surface area contributed by atoms with Gasteiger partial charge in [-0.3, -0.25) is 4.79 Å². The van der Waals surface area contributed by atoms with Crippen molar-refractivity contribution in [3.8, 4) is 5.75 Å². The van der Waals surface area contributed by atoms with E-state index in [1.54, 1.807) is 6.07 Å². The number of benzene rings is 1. The number of amides is 1. The molecule has 8 heteroatoms. The molecule has 0 radical (unpaired) electrons. The van der Waals surface area contributed by atoms with Crippen LogP contribution in [0, 0.1) is 11.8 Å². The normalized spacial score (nSPS) is 27.7. The Bertz CT molecular complexity index is 645. The van der Waals surface area contributed by atoms with Crippen LogP contribution in [0.3, 0.4) is 0 Å². The number of carbonyl (C=O) groups is 1. The fourth-order valence-electron chi connectivity index (χ4n) is 3.62. The third-order valence-electron chi connectivity index (χ3n) is 5.21. The van der Waals surface area contributed by atoms with E-state index in [4.69, 9.17) is 0 Å². The third-order valence-corrected chi connectivity index (χ3v) is 5.21. The molecule has 1 aromatic carbocycles. The first kappa shape index (κ1) is 19.8. The molecule has 150 valence electrons. The van der Waals surface area contributed by atoms with Gasteiger partial charge in [-0.1, -0.05) is 6.07 Å². The average Bonchev–Trinajstić information content (AvgIpc) is 3.35. The van der Waals surface area contributed by atoms with Gasteiger partial charge in [-0.15, -0.1) is 13.2 Å². The van der Waals surface area contributed by atoms with Crippen LogP contribution >= 0.6 is 0 Å². The second-order valence-electron chi connectivity index (χ2n) is 7.41. The predicted octanol–water partition coefficient (Wildman–Crippen LogP) is 3.44. The SMILES string of the molecule is O=C(NC1CCC(O)CC1)C1CC1CCNc1cccc(OC(F)(F)F)c1. The zero-order valence-electron chi connectivity index (χ0n) is 15.0. The summed E-state index contributed by atoms with van der Waals surface area (Å²) in [4.78, 5) is 12.3. The van der Waals surface area contributed by atoms with Crippen molar-refractivity contribution in [3.63, 3.8) is 0 Å². The van der Waals surface area contributed by atoms with Crippen LogP contribution in [-0.4, -0.2) is 36.1 Å². The summed E-state index contributed by atoms with van der Waals surface area (Å²) in [5.74, 6) is 0.163. The second-order valence-corrected chi connectivity index (χ2v) is 7.41. The first-order valence-corrected chi connectivity index (χ1v) is 9.38. The number of aliphatic hydroxyl groups excluding tert-OH is 1. The second kappa shape index (κ2) is 8.37. The Balaban J connectivity index is 1.36. The monoisotopic (exact) mass is 386 g/mol. The molecule has 2 saturated carbocycles. The van der Waals surface area contributed by atoms with Crippen LogP contribution in [0.2, 0.25) is 0 Å². The van der Waals surface area contributed by atoms with Crippen LogP contribution in [0.5, 0.6) is 5.75 Å². The first-order valence-electron chi connectivity index (χ1n) is 9.38. The molecule has 5 nitrogen and oxygen atoms in total. The lowest BCUT2D eigenvalue weighted by atomic mass is 9.93. The summed E-state index contributed by atoms with van der Waals surface area (Å²) in [6.07, 6.45) is -0.196. The summed E-state index contributed by atoms with van der Waals surface area (Å²) in [6.45, 7) is 0.583. The van der Waals surface area contributed by atoms with Gasteiger partial charge in [0.05, 0.1) is 6.10 Å². The predicted molar refractivity (Wildman–Crippen MR) is 94.2 cm³/mol. The van der Waals surface area contributed by atoms with E-state index in [-0.39, 0.29) is 29.7 Å². The fourth-order valence-corrected chi connectivity index (χ4v) is 3.62. The van der Waals surface area contributed by atoms with Crippen molar-refractivity contribution in [2.75, 3.05) is 11.9 Å². The lowest BCUT2D eigenvalue weighted by molar-refractivity contribution is -0.274. The summed E-state index contributed by atoms with van der Waals surface area (Å²) in [5.41, 5.74) is 0.555. The summed E-state index contributed by atoms with van der Waals surface area (Å²) >= 11 is 0. The van der Waals surface area contributed by atoms with Crippen LogP contribution in [0.25, 0.3) is 0 Å². The van der Waals surface area contributed by atoms with Crippen LogP contribution < -0.4 is 15.4 Å². The molecule has 0 spiro atoms. The van der Waals surface area contributed by atoms with Crippen molar-refractivity contribution in [1.82, 2.24) is 5.32 Å². The minimum atomic E-state index is -4.70. The Labute approximate surface area is 156 Å². The largest absolute Gasteiger partial charge is 0.573 e.